The normalized spacial score (nSPS) is 15.7. The maximum absolute atomic E-state index is 12.9. The Kier molecular flexibility index (Phi) is 6.45. The fraction of sp³-hybridized carbons (Fsp3) is 0.310. The van der Waals surface area contributed by atoms with Crippen molar-refractivity contribution in [3.8, 4) is 11.5 Å². The Morgan fingerprint density at radius 2 is 1.71 bits per heavy atom. The minimum Gasteiger partial charge on any atom is -0.497 e. The highest BCUT2D eigenvalue weighted by Gasteiger charge is 2.34. The van der Waals surface area contributed by atoms with Crippen LogP contribution >= 0.6 is 0 Å². The van der Waals surface area contributed by atoms with Crippen molar-refractivity contribution >= 4 is 16.9 Å². The van der Waals surface area contributed by atoms with Gasteiger partial charge in [0.15, 0.2) is 0 Å². The largest absolute Gasteiger partial charge is 0.497 e. The molecule has 180 valence electrons. The number of hydrogen-bond donors (Lipinski definition) is 0. The number of nitrogens with zero attached hydrogens (tertiary/aromatic N) is 3. The van der Waals surface area contributed by atoms with Crippen LogP contribution in [0.2, 0.25) is 0 Å². The number of fused-ring (bicyclic) bond motifs is 1. The third kappa shape index (κ3) is 5.02. The number of likely N-dealkylation sites (tertiary alicyclic amines) is 1. The second kappa shape index (κ2) is 9.82. The Balaban J connectivity index is 1.34. The summed E-state index contributed by atoms with van der Waals surface area (Å²) in [6.45, 7) is 6.62. The second-order valence-corrected chi connectivity index (χ2v) is 9.31. The molecule has 3 aromatic carbocycles. The van der Waals surface area contributed by atoms with Gasteiger partial charge in [0.1, 0.15) is 23.9 Å². The predicted molar refractivity (Wildman–Crippen MR) is 137 cm³/mol. The van der Waals surface area contributed by atoms with E-state index in [9.17, 15) is 4.79 Å². The molecule has 4 aromatic rings. The van der Waals surface area contributed by atoms with Gasteiger partial charge >= 0.3 is 0 Å². The van der Waals surface area contributed by atoms with Gasteiger partial charge in [-0.1, -0.05) is 30.3 Å². The van der Waals surface area contributed by atoms with Gasteiger partial charge in [0.25, 0.3) is 0 Å². The Morgan fingerprint density at radius 3 is 2.46 bits per heavy atom. The summed E-state index contributed by atoms with van der Waals surface area (Å²) in [5.41, 5.74) is 5.50. The average molecular weight is 470 g/mol. The van der Waals surface area contributed by atoms with Crippen molar-refractivity contribution in [3.63, 3.8) is 0 Å². The molecular formula is C29H31N3O3. The van der Waals surface area contributed by atoms with E-state index in [1.165, 1.54) is 11.1 Å². The predicted octanol–water partition coefficient (Wildman–Crippen LogP) is 5.26. The number of rotatable bonds is 8. The summed E-state index contributed by atoms with van der Waals surface area (Å²) in [5, 5.41) is 0. The molecule has 1 aliphatic rings. The molecule has 0 spiro atoms. The molecule has 6 heteroatoms. The zero-order valence-corrected chi connectivity index (χ0v) is 20.5. The number of para-hydroxylation sites is 2. The molecule has 1 aromatic heterocycles. The molecule has 1 amide bonds. The minimum absolute atomic E-state index is 0.0503. The van der Waals surface area contributed by atoms with Crippen LogP contribution in [0.5, 0.6) is 11.5 Å². The van der Waals surface area contributed by atoms with Crippen molar-refractivity contribution in [2.45, 2.75) is 39.3 Å². The van der Waals surface area contributed by atoms with Crippen LogP contribution in [0.4, 0.5) is 0 Å². The molecular weight excluding hydrogens is 438 g/mol. The van der Waals surface area contributed by atoms with Gasteiger partial charge < -0.3 is 18.9 Å². The number of hydrogen-bond acceptors (Lipinski definition) is 4. The fourth-order valence-corrected chi connectivity index (χ4v) is 4.96. The van der Waals surface area contributed by atoms with Crippen LogP contribution in [0.3, 0.4) is 0 Å². The lowest BCUT2D eigenvalue weighted by atomic mass is 10.1. The zero-order valence-electron chi connectivity index (χ0n) is 20.5. The second-order valence-electron chi connectivity index (χ2n) is 9.31. The minimum atomic E-state index is 0.0503. The Morgan fingerprint density at radius 1 is 0.971 bits per heavy atom. The van der Waals surface area contributed by atoms with Crippen molar-refractivity contribution in [2.75, 3.05) is 20.3 Å². The van der Waals surface area contributed by atoms with Crippen LogP contribution in [0.15, 0.2) is 66.7 Å². The van der Waals surface area contributed by atoms with Crippen LogP contribution in [0.1, 0.15) is 34.9 Å². The quantitative estimate of drug-likeness (QED) is 0.353. The van der Waals surface area contributed by atoms with Gasteiger partial charge in [-0.05, 0) is 66.9 Å². The number of aromatic nitrogens is 2. The number of ether oxygens (including phenoxy) is 2. The number of imidazole rings is 1. The van der Waals surface area contributed by atoms with Gasteiger partial charge in [0, 0.05) is 25.4 Å². The molecule has 5 rings (SSSR count). The number of benzene rings is 3. The number of methoxy groups -OCH3 is 1. The molecule has 0 aliphatic carbocycles. The third-order valence-electron chi connectivity index (χ3n) is 6.58. The standard InChI is InChI=1S/C29H31N3O3/c1-20-14-21(2)16-25(15-20)35-13-12-32-27-7-5-4-6-26(27)30-29(32)23-17-28(33)31(19-23)18-22-8-10-24(34-3)11-9-22/h4-11,14-16,23H,12-13,17-19H2,1-3H3. The van der Waals surface area contributed by atoms with E-state index >= 15 is 0 Å². The van der Waals surface area contributed by atoms with Crippen LogP contribution in [-0.4, -0.2) is 40.6 Å². The van der Waals surface area contributed by atoms with E-state index in [0.717, 1.165) is 33.9 Å². The van der Waals surface area contributed by atoms with Crippen molar-refractivity contribution in [3.05, 3.63) is 89.2 Å². The molecule has 1 saturated heterocycles. The maximum Gasteiger partial charge on any atom is 0.223 e. The number of amides is 1. The van der Waals surface area contributed by atoms with Gasteiger partial charge in [-0.2, -0.15) is 0 Å². The number of aryl methyl sites for hydroxylation is 2. The lowest BCUT2D eigenvalue weighted by Crippen LogP contribution is -2.24. The SMILES string of the molecule is COc1ccc(CN2CC(c3nc4ccccc4n3CCOc3cc(C)cc(C)c3)CC2=O)cc1. The molecule has 0 radical (unpaired) electrons. The summed E-state index contributed by atoms with van der Waals surface area (Å²) in [6.07, 6.45) is 0.470. The molecule has 1 unspecified atom stereocenters. The van der Waals surface area contributed by atoms with Gasteiger partial charge in [-0.15, -0.1) is 0 Å². The first-order valence-electron chi connectivity index (χ1n) is 12.1. The van der Waals surface area contributed by atoms with Gasteiger partial charge in [0.05, 0.1) is 24.7 Å². The Bertz CT molecular complexity index is 1320. The van der Waals surface area contributed by atoms with Crippen molar-refractivity contribution < 1.29 is 14.3 Å². The molecule has 6 nitrogen and oxygen atoms in total. The number of carbonyl (C=O) groups is 1. The summed E-state index contributed by atoms with van der Waals surface area (Å²) >= 11 is 0. The first kappa shape index (κ1) is 23.0. The highest BCUT2D eigenvalue weighted by molar-refractivity contribution is 5.81. The maximum atomic E-state index is 12.9. The molecule has 2 heterocycles. The first-order chi connectivity index (χ1) is 17.0. The van der Waals surface area contributed by atoms with Crippen LogP contribution in [0, 0.1) is 13.8 Å². The van der Waals surface area contributed by atoms with Crippen molar-refractivity contribution in [1.82, 2.24) is 14.5 Å². The van der Waals surface area contributed by atoms with Crippen LogP contribution < -0.4 is 9.47 Å². The van der Waals surface area contributed by atoms with Crippen molar-refractivity contribution in [2.24, 2.45) is 0 Å². The van der Waals surface area contributed by atoms with Gasteiger partial charge in [0.2, 0.25) is 5.91 Å². The van der Waals surface area contributed by atoms with E-state index in [1.807, 2.05) is 47.4 Å². The molecule has 1 aliphatic heterocycles. The molecule has 1 fully saturated rings. The first-order valence-corrected chi connectivity index (χ1v) is 12.1. The Hall–Kier alpha value is -3.80. The lowest BCUT2D eigenvalue weighted by Gasteiger charge is -2.18. The van der Waals surface area contributed by atoms with Gasteiger partial charge in [-0.25, -0.2) is 4.98 Å². The highest BCUT2D eigenvalue weighted by atomic mass is 16.5. The third-order valence-corrected chi connectivity index (χ3v) is 6.58. The Labute approximate surface area is 206 Å². The van der Waals surface area contributed by atoms with E-state index in [2.05, 4.69) is 42.7 Å². The monoisotopic (exact) mass is 469 g/mol. The smallest absolute Gasteiger partial charge is 0.223 e. The number of carbonyl (C=O) groups excluding carboxylic acids is 1. The lowest BCUT2D eigenvalue weighted by molar-refractivity contribution is -0.128. The molecule has 0 saturated carbocycles. The summed E-state index contributed by atoms with van der Waals surface area (Å²) < 4.78 is 13.6. The van der Waals surface area contributed by atoms with Crippen LogP contribution in [-0.2, 0) is 17.9 Å². The van der Waals surface area contributed by atoms with Crippen molar-refractivity contribution in [1.29, 1.82) is 0 Å². The molecule has 35 heavy (non-hydrogen) atoms. The van der Waals surface area contributed by atoms with E-state index in [4.69, 9.17) is 14.5 Å². The molecule has 1 atom stereocenters. The zero-order chi connectivity index (χ0) is 24.4. The van der Waals surface area contributed by atoms with E-state index in [-0.39, 0.29) is 11.8 Å². The van der Waals surface area contributed by atoms with E-state index < -0.39 is 0 Å². The van der Waals surface area contributed by atoms with Gasteiger partial charge in [-0.3, -0.25) is 4.79 Å². The van der Waals surface area contributed by atoms with E-state index in [1.54, 1.807) is 7.11 Å². The highest BCUT2D eigenvalue weighted by Crippen LogP contribution is 2.31. The topological polar surface area (TPSA) is 56.6 Å². The average Bonchev–Trinajstić information content (AvgIpc) is 3.39. The summed E-state index contributed by atoms with van der Waals surface area (Å²) in [7, 11) is 1.66. The summed E-state index contributed by atoms with van der Waals surface area (Å²) in [4.78, 5) is 19.8. The fourth-order valence-electron chi connectivity index (χ4n) is 4.96. The summed E-state index contributed by atoms with van der Waals surface area (Å²) in [6, 6.07) is 22.3. The summed E-state index contributed by atoms with van der Waals surface area (Å²) in [5.74, 6) is 2.87. The molecule has 0 N–H and O–H groups in total. The van der Waals surface area contributed by atoms with E-state index in [0.29, 0.717) is 32.7 Å². The van der Waals surface area contributed by atoms with Crippen LogP contribution in [0.25, 0.3) is 11.0 Å². The molecule has 0 bridgehead atoms.